The van der Waals surface area contributed by atoms with Gasteiger partial charge >= 0.3 is 0 Å². The van der Waals surface area contributed by atoms with E-state index in [1.54, 1.807) is 0 Å². The SMILES string of the molecule is CCCNCc1cc(CN(C)Cc2ccncc2)c(C)s1. The molecule has 4 heteroatoms. The van der Waals surface area contributed by atoms with Crippen molar-refractivity contribution in [2.75, 3.05) is 13.6 Å². The number of nitrogens with one attached hydrogen (secondary N) is 1. The Hall–Kier alpha value is -1.23. The number of aromatic nitrogens is 1. The lowest BCUT2D eigenvalue weighted by molar-refractivity contribution is 0.319. The van der Waals surface area contributed by atoms with Gasteiger partial charge < -0.3 is 5.32 Å². The Labute approximate surface area is 132 Å². The molecule has 0 unspecified atom stereocenters. The van der Waals surface area contributed by atoms with E-state index in [2.05, 4.69) is 54.3 Å². The molecule has 0 radical (unpaired) electrons. The van der Waals surface area contributed by atoms with Gasteiger partial charge in [-0.15, -0.1) is 11.3 Å². The number of aryl methyl sites for hydroxylation is 1. The van der Waals surface area contributed by atoms with Crippen molar-refractivity contribution in [1.29, 1.82) is 0 Å². The second kappa shape index (κ2) is 8.27. The van der Waals surface area contributed by atoms with Crippen molar-refractivity contribution >= 4 is 11.3 Å². The molecule has 0 aliphatic heterocycles. The van der Waals surface area contributed by atoms with Gasteiger partial charge in [-0.05, 0) is 56.3 Å². The predicted molar refractivity (Wildman–Crippen MR) is 90.5 cm³/mol. The Bertz CT molecular complexity index is 536. The van der Waals surface area contributed by atoms with E-state index in [9.17, 15) is 0 Å². The second-order valence-corrected chi connectivity index (χ2v) is 6.84. The quantitative estimate of drug-likeness (QED) is 0.756. The molecular formula is C17H25N3S. The lowest BCUT2D eigenvalue weighted by atomic mass is 10.2. The summed E-state index contributed by atoms with van der Waals surface area (Å²) in [5.74, 6) is 0. The van der Waals surface area contributed by atoms with Gasteiger partial charge in [0.05, 0.1) is 0 Å². The Morgan fingerprint density at radius 2 is 2.00 bits per heavy atom. The maximum absolute atomic E-state index is 4.07. The fourth-order valence-electron chi connectivity index (χ4n) is 2.37. The van der Waals surface area contributed by atoms with Gasteiger partial charge in [-0.3, -0.25) is 9.88 Å². The highest BCUT2D eigenvalue weighted by molar-refractivity contribution is 7.12. The summed E-state index contributed by atoms with van der Waals surface area (Å²) in [6, 6.07) is 6.51. The molecule has 0 aliphatic carbocycles. The Kier molecular flexibility index (Phi) is 6.36. The van der Waals surface area contributed by atoms with Crippen molar-refractivity contribution in [3.8, 4) is 0 Å². The molecule has 2 aromatic rings. The Morgan fingerprint density at radius 1 is 1.24 bits per heavy atom. The van der Waals surface area contributed by atoms with E-state index in [0.29, 0.717) is 0 Å². The van der Waals surface area contributed by atoms with E-state index in [4.69, 9.17) is 0 Å². The van der Waals surface area contributed by atoms with Gasteiger partial charge in [-0.2, -0.15) is 0 Å². The van der Waals surface area contributed by atoms with Crippen LogP contribution in [0.25, 0.3) is 0 Å². The third-order valence-electron chi connectivity index (χ3n) is 3.44. The van der Waals surface area contributed by atoms with Gasteiger partial charge in [-0.1, -0.05) is 6.92 Å². The predicted octanol–water partition coefficient (Wildman–Crippen LogP) is 3.58. The monoisotopic (exact) mass is 303 g/mol. The average Bonchev–Trinajstić information content (AvgIpc) is 2.80. The van der Waals surface area contributed by atoms with E-state index in [1.807, 2.05) is 23.7 Å². The highest BCUT2D eigenvalue weighted by Crippen LogP contribution is 2.23. The van der Waals surface area contributed by atoms with E-state index >= 15 is 0 Å². The Balaban J connectivity index is 1.89. The van der Waals surface area contributed by atoms with Crippen LogP contribution in [0.2, 0.25) is 0 Å². The van der Waals surface area contributed by atoms with Crippen molar-refractivity contribution in [1.82, 2.24) is 15.2 Å². The number of hydrogen-bond acceptors (Lipinski definition) is 4. The van der Waals surface area contributed by atoms with Crippen LogP contribution in [-0.4, -0.2) is 23.5 Å². The molecule has 0 atom stereocenters. The molecule has 0 bridgehead atoms. The van der Waals surface area contributed by atoms with Crippen LogP contribution in [0.4, 0.5) is 0 Å². The third kappa shape index (κ3) is 5.23. The van der Waals surface area contributed by atoms with Gasteiger partial charge in [0.25, 0.3) is 0 Å². The van der Waals surface area contributed by atoms with Crippen molar-refractivity contribution < 1.29 is 0 Å². The zero-order chi connectivity index (χ0) is 15.1. The summed E-state index contributed by atoms with van der Waals surface area (Å²) < 4.78 is 0. The highest BCUT2D eigenvalue weighted by Gasteiger charge is 2.08. The summed E-state index contributed by atoms with van der Waals surface area (Å²) >= 11 is 1.91. The molecule has 21 heavy (non-hydrogen) atoms. The summed E-state index contributed by atoms with van der Waals surface area (Å²) in [5, 5.41) is 3.47. The van der Waals surface area contributed by atoms with Crippen LogP contribution in [0.5, 0.6) is 0 Å². The van der Waals surface area contributed by atoms with Crippen LogP contribution in [0.15, 0.2) is 30.6 Å². The normalized spacial score (nSPS) is 11.2. The van der Waals surface area contributed by atoms with Crippen molar-refractivity contribution in [2.45, 2.75) is 39.9 Å². The van der Waals surface area contributed by atoms with Crippen LogP contribution in [0.1, 0.15) is 34.2 Å². The molecule has 0 saturated heterocycles. The largest absolute Gasteiger partial charge is 0.312 e. The molecule has 114 valence electrons. The van der Waals surface area contributed by atoms with Crippen molar-refractivity contribution in [2.24, 2.45) is 0 Å². The minimum Gasteiger partial charge on any atom is -0.312 e. The first kappa shape index (κ1) is 16.1. The summed E-state index contributed by atoms with van der Waals surface area (Å²) in [4.78, 5) is 9.29. The molecular weight excluding hydrogens is 278 g/mol. The van der Waals surface area contributed by atoms with Crippen LogP contribution in [0, 0.1) is 6.92 Å². The lowest BCUT2D eigenvalue weighted by Gasteiger charge is -2.16. The zero-order valence-corrected chi connectivity index (χ0v) is 14.0. The summed E-state index contributed by atoms with van der Waals surface area (Å²) in [7, 11) is 2.17. The molecule has 2 aromatic heterocycles. The smallest absolute Gasteiger partial charge is 0.0299 e. The van der Waals surface area contributed by atoms with Gasteiger partial charge in [0.1, 0.15) is 0 Å². The molecule has 2 rings (SSSR count). The fourth-order valence-corrected chi connectivity index (χ4v) is 3.39. The molecule has 1 N–H and O–H groups in total. The van der Waals surface area contributed by atoms with Gasteiger partial charge in [-0.25, -0.2) is 0 Å². The van der Waals surface area contributed by atoms with Crippen LogP contribution in [-0.2, 0) is 19.6 Å². The molecule has 2 heterocycles. The van der Waals surface area contributed by atoms with Gasteiger partial charge in [0.2, 0.25) is 0 Å². The van der Waals surface area contributed by atoms with E-state index in [-0.39, 0.29) is 0 Å². The molecule has 0 spiro atoms. The molecule has 0 fully saturated rings. The van der Waals surface area contributed by atoms with Crippen LogP contribution < -0.4 is 5.32 Å². The first-order chi connectivity index (χ1) is 10.2. The topological polar surface area (TPSA) is 28.2 Å². The van der Waals surface area contributed by atoms with E-state index in [0.717, 1.165) is 26.2 Å². The number of hydrogen-bond donors (Lipinski definition) is 1. The standard InChI is InChI=1S/C17H25N3S/c1-4-7-19-11-17-10-16(14(2)21-17)13-20(3)12-15-5-8-18-9-6-15/h5-6,8-10,19H,4,7,11-13H2,1-3H3. The average molecular weight is 303 g/mol. The van der Waals surface area contributed by atoms with Crippen molar-refractivity contribution in [3.63, 3.8) is 0 Å². The first-order valence-electron chi connectivity index (χ1n) is 7.55. The minimum absolute atomic E-state index is 0.960. The van der Waals surface area contributed by atoms with E-state index < -0.39 is 0 Å². The number of pyridine rings is 1. The molecule has 0 saturated carbocycles. The molecule has 0 amide bonds. The Morgan fingerprint density at radius 3 is 2.71 bits per heavy atom. The van der Waals surface area contributed by atoms with Gasteiger partial charge in [0, 0.05) is 41.8 Å². The highest BCUT2D eigenvalue weighted by atomic mass is 32.1. The lowest BCUT2D eigenvalue weighted by Crippen LogP contribution is -2.17. The second-order valence-electron chi connectivity index (χ2n) is 5.50. The summed E-state index contributed by atoms with van der Waals surface area (Å²) in [5.41, 5.74) is 2.76. The molecule has 0 aromatic carbocycles. The number of nitrogens with zero attached hydrogens (tertiary/aromatic N) is 2. The van der Waals surface area contributed by atoms with Crippen molar-refractivity contribution in [3.05, 3.63) is 51.5 Å². The molecule has 0 aliphatic rings. The van der Waals surface area contributed by atoms with E-state index in [1.165, 1.54) is 27.3 Å². The maximum Gasteiger partial charge on any atom is 0.0299 e. The number of thiophene rings is 1. The molecule has 3 nitrogen and oxygen atoms in total. The summed E-state index contributed by atoms with van der Waals surface area (Å²) in [6.07, 6.45) is 4.90. The number of rotatable bonds is 8. The van der Waals surface area contributed by atoms with Crippen LogP contribution in [0.3, 0.4) is 0 Å². The fraction of sp³-hybridized carbons (Fsp3) is 0.471. The first-order valence-corrected chi connectivity index (χ1v) is 8.37. The zero-order valence-electron chi connectivity index (χ0n) is 13.2. The third-order valence-corrected chi connectivity index (χ3v) is 4.53. The van der Waals surface area contributed by atoms with Gasteiger partial charge in [0.15, 0.2) is 0 Å². The maximum atomic E-state index is 4.07. The minimum atomic E-state index is 0.960. The van der Waals surface area contributed by atoms with Crippen LogP contribution >= 0.6 is 11.3 Å². The summed E-state index contributed by atoms with van der Waals surface area (Å²) in [6.45, 7) is 8.47.